The van der Waals surface area contributed by atoms with Crippen molar-refractivity contribution in [2.75, 3.05) is 6.54 Å². The van der Waals surface area contributed by atoms with Crippen molar-refractivity contribution in [1.82, 2.24) is 5.32 Å². The summed E-state index contributed by atoms with van der Waals surface area (Å²) in [5.74, 6) is 0.377. The highest BCUT2D eigenvalue weighted by molar-refractivity contribution is 6.31. The number of nitrogens with zero attached hydrogens (tertiary/aromatic N) is 1. The second-order valence-corrected chi connectivity index (χ2v) is 5.20. The van der Waals surface area contributed by atoms with Gasteiger partial charge in [0.1, 0.15) is 5.56 Å². The molecule has 1 aromatic carbocycles. The molecule has 0 heterocycles. The number of hydrogen-bond acceptors (Lipinski definition) is 3. The molecule has 102 valence electrons. The summed E-state index contributed by atoms with van der Waals surface area (Å²) in [5.41, 5.74) is -0.201. The molecule has 1 aromatic rings. The van der Waals surface area contributed by atoms with Crippen molar-refractivity contribution in [2.45, 2.75) is 25.7 Å². The van der Waals surface area contributed by atoms with Crippen LogP contribution in [0.3, 0.4) is 0 Å². The van der Waals surface area contributed by atoms with E-state index in [1.165, 1.54) is 31.0 Å². The Morgan fingerprint density at radius 2 is 2.21 bits per heavy atom. The number of carbonyl (C=O) groups excluding carboxylic acids is 1. The third-order valence-electron chi connectivity index (χ3n) is 3.17. The van der Waals surface area contributed by atoms with E-state index in [0.29, 0.717) is 11.6 Å². The highest BCUT2D eigenvalue weighted by Gasteiger charge is 2.22. The van der Waals surface area contributed by atoms with E-state index in [1.54, 1.807) is 0 Å². The first kappa shape index (κ1) is 13.8. The van der Waals surface area contributed by atoms with Gasteiger partial charge in [-0.1, -0.05) is 24.4 Å². The molecule has 6 heteroatoms. The fraction of sp³-hybridized carbons (Fsp3) is 0.462. The standard InChI is InChI=1S/C13H15ClN2O3/c14-10-5-6-12(16(18)19)11(8-10)13(17)15-7-1-2-9-3-4-9/h5-6,8-9H,1-4,7H2,(H,15,17). The Balaban J connectivity index is 1.96. The van der Waals surface area contributed by atoms with Gasteiger partial charge in [0.05, 0.1) is 4.92 Å². The van der Waals surface area contributed by atoms with Gasteiger partial charge in [0, 0.05) is 17.6 Å². The summed E-state index contributed by atoms with van der Waals surface area (Å²) in [7, 11) is 0. The summed E-state index contributed by atoms with van der Waals surface area (Å²) in [6.07, 6.45) is 4.59. The topological polar surface area (TPSA) is 72.2 Å². The summed E-state index contributed by atoms with van der Waals surface area (Å²) in [5, 5.41) is 13.9. The Morgan fingerprint density at radius 3 is 2.84 bits per heavy atom. The molecule has 1 saturated carbocycles. The molecule has 1 fully saturated rings. The molecular formula is C13H15ClN2O3. The van der Waals surface area contributed by atoms with Gasteiger partial charge in [0.15, 0.2) is 0 Å². The van der Waals surface area contributed by atoms with Crippen molar-refractivity contribution >= 4 is 23.2 Å². The number of nitro groups is 1. The van der Waals surface area contributed by atoms with Crippen LogP contribution in [-0.4, -0.2) is 17.4 Å². The normalized spacial score (nSPS) is 14.2. The first-order valence-electron chi connectivity index (χ1n) is 6.30. The summed E-state index contributed by atoms with van der Waals surface area (Å²) >= 11 is 5.77. The van der Waals surface area contributed by atoms with E-state index in [1.807, 2.05) is 0 Å². The maximum absolute atomic E-state index is 11.9. The quantitative estimate of drug-likeness (QED) is 0.495. The Kier molecular flexibility index (Phi) is 4.37. The van der Waals surface area contributed by atoms with Crippen LogP contribution in [0.15, 0.2) is 18.2 Å². The largest absolute Gasteiger partial charge is 0.352 e. The zero-order chi connectivity index (χ0) is 13.8. The zero-order valence-electron chi connectivity index (χ0n) is 10.4. The number of amides is 1. The van der Waals surface area contributed by atoms with E-state index in [-0.39, 0.29) is 11.3 Å². The lowest BCUT2D eigenvalue weighted by Gasteiger charge is -2.06. The van der Waals surface area contributed by atoms with Gasteiger partial charge in [-0.2, -0.15) is 0 Å². The SMILES string of the molecule is O=C(NCCCC1CC1)c1cc(Cl)ccc1[N+](=O)[O-]. The van der Waals surface area contributed by atoms with Gasteiger partial charge in [0.25, 0.3) is 11.6 Å². The molecule has 0 spiro atoms. The smallest absolute Gasteiger partial charge is 0.282 e. The number of nitro benzene ring substituents is 1. The number of hydrogen-bond donors (Lipinski definition) is 1. The third kappa shape index (κ3) is 3.92. The van der Waals surface area contributed by atoms with Gasteiger partial charge in [0.2, 0.25) is 0 Å². The van der Waals surface area contributed by atoms with Crippen LogP contribution >= 0.6 is 11.6 Å². The molecule has 0 atom stereocenters. The van der Waals surface area contributed by atoms with Crippen LogP contribution in [0.2, 0.25) is 5.02 Å². The molecule has 0 unspecified atom stereocenters. The van der Waals surface area contributed by atoms with Gasteiger partial charge < -0.3 is 5.32 Å². The lowest BCUT2D eigenvalue weighted by molar-refractivity contribution is -0.385. The van der Waals surface area contributed by atoms with E-state index in [2.05, 4.69) is 5.32 Å². The molecule has 0 radical (unpaired) electrons. The van der Waals surface area contributed by atoms with Crippen molar-refractivity contribution in [3.8, 4) is 0 Å². The van der Waals surface area contributed by atoms with Crippen molar-refractivity contribution in [3.05, 3.63) is 38.9 Å². The number of benzene rings is 1. The molecule has 0 aliphatic heterocycles. The Bertz CT molecular complexity index is 501. The third-order valence-corrected chi connectivity index (χ3v) is 3.41. The monoisotopic (exact) mass is 282 g/mol. The number of halogens is 1. The maximum Gasteiger partial charge on any atom is 0.282 e. The van der Waals surface area contributed by atoms with E-state index in [4.69, 9.17) is 11.6 Å². The fourth-order valence-corrected chi connectivity index (χ4v) is 2.12. The molecule has 0 saturated heterocycles. The minimum atomic E-state index is -0.574. The fourth-order valence-electron chi connectivity index (χ4n) is 1.94. The molecule has 0 bridgehead atoms. The van der Waals surface area contributed by atoms with E-state index in [9.17, 15) is 14.9 Å². The first-order chi connectivity index (χ1) is 9.08. The van der Waals surface area contributed by atoms with Crippen LogP contribution in [-0.2, 0) is 0 Å². The van der Waals surface area contributed by atoms with Crippen molar-refractivity contribution in [3.63, 3.8) is 0 Å². The summed E-state index contributed by atoms with van der Waals surface area (Å²) < 4.78 is 0. The predicted molar refractivity (Wildman–Crippen MR) is 72.4 cm³/mol. The predicted octanol–water partition coefficient (Wildman–Crippen LogP) is 3.17. The molecule has 2 rings (SSSR count). The van der Waals surface area contributed by atoms with Crippen LogP contribution in [0.1, 0.15) is 36.0 Å². The number of rotatable bonds is 6. The van der Waals surface area contributed by atoms with Gasteiger partial charge in [-0.25, -0.2) is 0 Å². The zero-order valence-corrected chi connectivity index (χ0v) is 11.2. The summed E-state index contributed by atoms with van der Waals surface area (Å²) in [4.78, 5) is 22.2. The van der Waals surface area contributed by atoms with Gasteiger partial charge in [-0.05, 0) is 30.9 Å². The summed E-state index contributed by atoms with van der Waals surface area (Å²) in [6.45, 7) is 0.541. The van der Waals surface area contributed by atoms with Crippen LogP contribution in [0.25, 0.3) is 0 Å². The van der Waals surface area contributed by atoms with Crippen molar-refractivity contribution in [1.29, 1.82) is 0 Å². The minimum absolute atomic E-state index is 0.0175. The van der Waals surface area contributed by atoms with Gasteiger partial charge >= 0.3 is 0 Å². The van der Waals surface area contributed by atoms with Crippen LogP contribution in [0.4, 0.5) is 5.69 Å². The lowest BCUT2D eigenvalue weighted by Crippen LogP contribution is -2.25. The van der Waals surface area contributed by atoms with Crippen molar-refractivity contribution < 1.29 is 9.72 Å². The van der Waals surface area contributed by atoms with Crippen LogP contribution in [0, 0.1) is 16.0 Å². The lowest BCUT2D eigenvalue weighted by atomic mass is 10.1. The van der Waals surface area contributed by atoms with E-state index in [0.717, 1.165) is 18.8 Å². The van der Waals surface area contributed by atoms with E-state index >= 15 is 0 Å². The van der Waals surface area contributed by atoms with Crippen LogP contribution in [0.5, 0.6) is 0 Å². The molecule has 19 heavy (non-hydrogen) atoms. The highest BCUT2D eigenvalue weighted by Crippen LogP contribution is 2.33. The highest BCUT2D eigenvalue weighted by atomic mass is 35.5. The van der Waals surface area contributed by atoms with Gasteiger partial charge in [-0.3, -0.25) is 14.9 Å². The molecule has 1 amide bonds. The molecule has 0 aromatic heterocycles. The number of carbonyl (C=O) groups is 1. The Labute approximate surface area is 116 Å². The van der Waals surface area contributed by atoms with Crippen LogP contribution < -0.4 is 5.32 Å². The van der Waals surface area contributed by atoms with Gasteiger partial charge in [-0.15, -0.1) is 0 Å². The number of nitrogens with one attached hydrogen (secondary N) is 1. The molecule has 1 N–H and O–H groups in total. The van der Waals surface area contributed by atoms with Crippen molar-refractivity contribution in [2.24, 2.45) is 5.92 Å². The minimum Gasteiger partial charge on any atom is -0.352 e. The molecule has 1 aliphatic rings. The maximum atomic E-state index is 11.9. The Morgan fingerprint density at radius 1 is 1.47 bits per heavy atom. The van der Waals surface area contributed by atoms with E-state index < -0.39 is 10.8 Å². The average Bonchev–Trinajstić information content (AvgIpc) is 3.18. The molecule has 5 nitrogen and oxygen atoms in total. The first-order valence-corrected chi connectivity index (χ1v) is 6.68. The summed E-state index contributed by atoms with van der Waals surface area (Å²) in [6, 6.07) is 3.99. The second kappa shape index (κ2) is 6.02. The Hall–Kier alpha value is -1.62. The average molecular weight is 283 g/mol. The molecular weight excluding hydrogens is 268 g/mol. The molecule has 1 aliphatic carbocycles. The second-order valence-electron chi connectivity index (χ2n) is 4.76.